The average molecular weight is 468 g/mol. The van der Waals surface area contributed by atoms with Gasteiger partial charge in [-0.15, -0.1) is 11.3 Å². The molecule has 33 heavy (non-hydrogen) atoms. The molecule has 9 nitrogen and oxygen atoms in total. The van der Waals surface area contributed by atoms with Gasteiger partial charge in [-0.25, -0.2) is 4.79 Å². The van der Waals surface area contributed by atoms with Crippen molar-refractivity contribution in [2.75, 3.05) is 17.2 Å². The van der Waals surface area contributed by atoms with Crippen LogP contribution in [0.5, 0.6) is 0 Å². The third-order valence-corrected chi connectivity index (χ3v) is 5.91. The normalized spacial score (nSPS) is 12.6. The van der Waals surface area contributed by atoms with Crippen molar-refractivity contribution in [2.45, 2.75) is 25.8 Å². The molecule has 10 heteroatoms. The first-order valence-electron chi connectivity index (χ1n) is 10.2. The molecule has 1 aromatic carbocycles. The van der Waals surface area contributed by atoms with Crippen LogP contribution in [0.25, 0.3) is 0 Å². The van der Waals surface area contributed by atoms with Gasteiger partial charge in [0.05, 0.1) is 22.5 Å². The zero-order valence-corrected chi connectivity index (χ0v) is 18.5. The van der Waals surface area contributed by atoms with Crippen molar-refractivity contribution >= 4 is 45.7 Å². The molecule has 170 valence electrons. The van der Waals surface area contributed by atoms with E-state index in [2.05, 4.69) is 16.0 Å². The van der Waals surface area contributed by atoms with E-state index in [1.807, 2.05) is 0 Å². The fraction of sp³-hybridized carbons (Fsp3) is 0.217. The molecule has 0 spiro atoms. The summed E-state index contributed by atoms with van der Waals surface area (Å²) in [6, 6.07) is 11.6. The van der Waals surface area contributed by atoms with Gasteiger partial charge < -0.3 is 25.1 Å². The fourth-order valence-electron chi connectivity index (χ4n) is 2.99. The lowest BCUT2D eigenvalue weighted by molar-refractivity contribution is -0.119. The number of carbonyl (C=O) groups is 4. The van der Waals surface area contributed by atoms with Crippen LogP contribution in [0.1, 0.15) is 49.0 Å². The summed E-state index contributed by atoms with van der Waals surface area (Å²) >= 11 is 1.03. The molecule has 0 radical (unpaired) electrons. The van der Waals surface area contributed by atoms with Gasteiger partial charge in [-0.1, -0.05) is 12.1 Å². The molecule has 0 bridgehead atoms. The maximum atomic E-state index is 12.5. The van der Waals surface area contributed by atoms with Crippen LogP contribution >= 0.6 is 11.3 Å². The number of hydrogen-bond donors (Lipinski definition) is 3. The highest BCUT2D eigenvalue weighted by atomic mass is 32.1. The Labute approximate surface area is 193 Å². The van der Waals surface area contributed by atoms with E-state index in [1.54, 1.807) is 43.3 Å². The van der Waals surface area contributed by atoms with Crippen LogP contribution < -0.4 is 16.0 Å². The maximum absolute atomic E-state index is 12.5. The minimum absolute atomic E-state index is 0.146. The SMILES string of the molecule is Cc1cc(NC(=O)c2ccco2)sc1C(=O)OCC(=O)Nc1ccccc1C(=O)NC1CC1. The number of rotatable bonds is 8. The molecule has 0 unspecified atom stereocenters. The molecule has 1 saturated carbocycles. The summed E-state index contributed by atoms with van der Waals surface area (Å²) in [6.45, 7) is 1.17. The number of benzene rings is 1. The van der Waals surface area contributed by atoms with E-state index < -0.39 is 24.4 Å². The Morgan fingerprint density at radius 2 is 1.85 bits per heavy atom. The number of para-hydroxylation sites is 1. The van der Waals surface area contributed by atoms with Gasteiger partial charge in [-0.2, -0.15) is 0 Å². The van der Waals surface area contributed by atoms with Gasteiger partial charge in [-0.3, -0.25) is 14.4 Å². The Bertz CT molecular complexity index is 1200. The van der Waals surface area contributed by atoms with Crippen LogP contribution in [0.15, 0.2) is 53.1 Å². The summed E-state index contributed by atoms with van der Waals surface area (Å²) in [6.07, 6.45) is 3.29. The molecule has 3 aromatic rings. The topological polar surface area (TPSA) is 127 Å². The van der Waals surface area contributed by atoms with Crippen molar-refractivity contribution in [3.05, 3.63) is 70.5 Å². The van der Waals surface area contributed by atoms with Crippen LogP contribution in [0, 0.1) is 6.92 Å². The lowest BCUT2D eigenvalue weighted by atomic mass is 10.1. The molecule has 2 aromatic heterocycles. The van der Waals surface area contributed by atoms with E-state index in [4.69, 9.17) is 9.15 Å². The van der Waals surface area contributed by atoms with Gasteiger partial charge in [0, 0.05) is 6.04 Å². The van der Waals surface area contributed by atoms with Crippen molar-refractivity contribution in [3.8, 4) is 0 Å². The van der Waals surface area contributed by atoms with E-state index in [0.29, 0.717) is 21.8 Å². The third-order valence-electron chi connectivity index (χ3n) is 4.78. The molecular formula is C23H21N3O6S. The first-order valence-corrected chi connectivity index (χ1v) is 11.0. The standard InChI is InChI=1S/C23H21N3O6S/c1-13-11-19(26-22(29)17-7-4-10-31-17)33-20(13)23(30)32-12-18(27)25-16-6-3-2-5-15(16)21(28)24-14-8-9-14/h2-7,10-11,14H,8-9,12H2,1H3,(H,24,28)(H,25,27)(H,26,29). The zero-order chi connectivity index (χ0) is 23.4. The largest absolute Gasteiger partial charge is 0.459 e. The molecule has 1 aliphatic rings. The molecule has 1 aliphatic carbocycles. The minimum atomic E-state index is -0.689. The number of aryl methyl sites for hydroxylation is 1. The summed E-state index contributed by atoms with van der Waals surface area (Å²) in [5.74, 6) is -1.82. The van der Waals surface area contributed by atoms with Crippen molar-refractivity contribution in [3.63, 3.8) is 0 Å². The fourth-order valence-corrected chi connectivity index (χ4v) is 3.95. The van der Waals surface area contributed by atoms with E-state index in [9.17, 15) is 19.2 Å². The Hall–Kier alpha value is -3.92. The number of thiophene rings is 1. The predicted molar refractivity (Wildman–Crippen MR) is 122 cm³/mol. The van der Waals surface area contributed by atoms with Gasteiger partial charge >= 0.3 is 5.97 Å². The summed E-state index contributed by atoms with van der Waals surface area (Å²) in [4.78, 5) is 49.5. The van der Waals surface area contributed by atoms with Crippen LogP contribution in [0.4, 0.5) is 10.7 Å². The van der Waals surface area contributed by atoms with Gasteiger partial charge in [0.1, 0.15) is 4.88 Å². The Balaban J connectivity index is 1.33. The summed E-state index contributed by atoms with van der Waals surface area (Å²) in [7, 11) is 0. The van der Waals surface area contributed by atoms with E-state index in [1.165, 1.54) is 12.3 Å². The molecule has 0 aliphatic heterocycles. The van der Waals surface area contributed by atoms with E-state index in [0.717, 1.165) is 24.2 Å². The van der Waals surface area contributed by atoms with Gasteiger partial charge in [0.25, 0.3) is 17.7 Å². The van der Waals surface area contributed by atoms with Crippen LogP contribution in [-0.4, -0.2) is 36.3 Å². The molecule has 0 atom stereocenters. The zero-order valence-electron chi connectivity index (χ0n) is 17.7. The molecule has 1 fully saturated rings. The number of carbonyl (C=O) groups excluding carboxylic acids is 4. The molecule has 4 rings (SSSR count). The molecule has 0 saturated heterocycles. The Morgan fingerprint density at radius 3 is 2.58 bits per heavy atom. The number of amides is 3. The lowest BCUT2D eigenvalue weighted by Gasteiger charge is -2.11. The van der Waals surface area contributed by atoms with Crippen LogP contribution in [0.2, 0.25) is 0 Å². The Kier molecular flexibility index (Phi) is 6.55. The predicted octanol–water partition coefficient (Wildman–Crippen LogP) is 3.59. The molecule has 3 amide bonds. The second-order valence-electron chi connectivity index (χ2n) is 7.47. The summed E-state index contributed by atoms with van der Waals surface area (Å²) in [5.41, 5.74) is 1.28. The van der Waals surface area contributed by atoms with Crippen molar-refractivity contribution in [2.24, 2.45) is 0 Å². The smallest absolute Gasteiger partial charge is 0.349 e. The van der Waals surface area contributed by atoms with Crippen molar-refractivity contribution in [1.29, 1.82) is 0 Å². The summed E-state index contributed by atoms with van der Waals surface area (Å²) < 4.78 is 10.2. The van der Waals surface area contributed by atoms with Gasteiger partial charge in [0.2, 0.25) is 0 Å². The third kappa shape index (κ3) is 5.66. The quantitative estimate of drug-likeness (QED) is 0.435. The number of esters is 1. The molecule has 2 heterocycles. The molecular weight excluding hydrogens is 446 g/mol. The summed E-state index contributed by atoms with van der Waals surface area (Å²) in [5, 5.41) is 8.59. The van der Waals surface area contributed by atoms with E-state index in [-0.39, 0.29) is 22.6 Å². The minimum Gasteiger partial charge on any atom is -0.459 e. The Morgan fingerprint density at radius 1 is 1.06 bits per heavy atom. The maximum Gasteiger partial charge on any atom is 0.349 e. The first-order chi connectivity index (χ1) is 15.9. The number of nitrogens with one attached hydrogen (secondary N) is 3. The van der Waals surface area contributed by atoms with Crippen LogP contribution in [0.3, 0.4) is 0 Å². The molecule has 3 N–H and O–H groups in total. The number of hydrogen-bond acceptors (Lipinski definition) is 7. The van der Waals surface area contributed by atoms with Gasteiger partial charge in [0.15, 0.2) is 12.4 Å². The monoisotopic (exact) mass is 467 g/mol. The second kappa shape index (κ2) is 9.70. The van der Waals surface area contributed by atoms with Gasteiger partial charge in [-0.05, 0) is 55.7 Å². The highest BCUT2D eigenvalue weighted by Gasteiger charge is 2.25. The van der Waals surface area contributed by atoms with Crippen molar-refractivity contribution < 1.29 is 28.3 Å². The lowest BCUT2D eigenvalue weighted by Crippen LogP contribution is -2.28. The number of furan rings is 1. The highest BCUT2D eigenvalue weighted by molar-refractivity contribution is 7.18. The average Bonchev–Trinajstić information content (AvgIpc) is 3.28. The van der Waals surface area contributed by atoms with Crippen molar-refractivity contribution in [1.82, 2.24) is 5.32 Å². The van der Waals surface area contributed by atoms with Crippen LogP contribution in [-0.2, 0) is 9.53 Å². The number of ether oxygens (including phenoxy) is 1. The van der Waals surface area contributed by atoms with E-state index >= 15 is 0 Å². The second-order valence-corrected chi connectivity index (χ2v) is 8.52. The highest BCUT2D eigenvalue weighted by Crippen LogP contribution is 2.28. The number of anilines is 2. The first kappa shape index (κ1) is 22.3.